The Morgan fingerprint density at radius 1 is 1.23 bits per heavy atom. The molecule has 1 aliphatic rings. The summed E-state index contributed by atoms with van der Waals surface area (Å²) in [7, 11) is 1.69. The van der Waals surface area contributed by atoms with E-state index in [1.54, 1.807) is 18.0 Å². The number of amides is 1. The van der Waals surface area contributed by atoms with Crippen LogP contribution in [0.2, 0.25) is 0 Å². The molecule has 1 amide bonds. The van der Waals surface area contributed by atoms with Crippen molar-refractivity contribution in [1.82, 2.24) is 4.90 Å². The Hall–Kier alpha value is -2.93. The highest BCUT2D eigenvalue weighted by atomic mass is 16.6. The highest BCUT2D eigenvalue weighted by molar-refractivity contribution is 6.00. The second-order valence-electron chi connectivity index (χ2n) is 6.29. The molecular weight excluding hydrogens is 334 g/mol. The van der Waals surface area contributed by atoms with Crippen LogP contribution in [-0.4, -0.2) is 42.0 Å². The van der Waals surface area contributed by atoms with Gasteiger partial charge in [0.05, 0.1) is 23.1 Å². The molecule has 1 saturated heterocycles. The number of carbonyl (C=O) groups is 1. The molecule has 7 heteroatoms. The highest BCUT2D eigenvalue weighted by Crippen LogP contribution is 2.29. The van der Waals surface area contributed by atoms with Crippen LogP contribution in [0.3, 0.4) is 0 Å². The number of rotatable bonds is 4. The predicted octanol–water partition coefficient (Wildman–Crippen LogP) is 3.24. The van der Waals surface area contributed by atoms with Gasteiger partial charge in [0, 0.05) is 31.4 Å². The minimum absolute atomic E-state index is 0.103. The number of non-ortho nitro benzene ring substituents is 1. The van der Waals surface area contributed by atoms with Gasteiger partial charge in [-0.2, -0.15) is 0 Å². The van der Waals surface area contributed by atoms with Crippen LogP contribution in [0.15, 0.2) is 48.5 Å². The van der Waals surface area contributed by atoms with Gasteiger partial charge in [-0.25, -0.2) is 0 Å². The third kappa shape index (κ3) is 3.67. The number of hydrogen-bond acceptors (Lipinski definition) is 5. The molecule has 0 aromatic heterocycles. The van der Waals surface area contributed by atoms with Crippen molar-refractivity contribution in [2.45, 2.75) is 19.1 Å². The number of nitro groups is 1. The normalized spacial score (nSPS) is 19.8. The SMILES string of the molecule is CNc1ccc([N+](=O)[O-])cc1C(=O)N1C[C@@H](C)O[C@@H](c2ccccc2)C1. The average Bonchev–Trinajstić information content (AvgIpc) is 2.67. The predicted molar refractivity (Wildman–Crippen MR) is 98.3 cm³/mol. The first kappa shape index (κ1) is 17.9. The number of ether oxygens (including phenoxy) is 1. The maximum atomic E-state index is 13.1. The molecule has 7 nitrogen and oxygen atoms in total. The second-order valence-corrected chi connectivity index (χ2v) is 6.29. The Kier molecular flexibility index (Phi) is 5.18. The van der Waals surface area contributed by atoms with Gasteiger partial charge in [-0.15, -0.1) is 0 Å². The largest absolute Gasteiger partial charge is 0.387 e. The first-order valence-electron chi connectivity index (χ1n) is 8.45. The zero-order valence-corrected chi connectivity index (χ0v) is 14.7. The van der Waals surface area contributed by atoms with Crippen LogP contribution in [-0.2, 0) is 4.74 Å². The Balaban J connectivity index is 1.89. The molecule has 0 radical (unpaired) electrons. The summed E-state index contributed by atoms with van der Waals surface area (Å²) in [4.78, 5) is 25.4. The average molecular weight is 355 g/mol. The number of nitro benzene ring substituents is 1. The Morgan fingerprint density at radius 3 is 2.62 bits per heavy atom. The molecule has 2 aromatic rings. The van der Waals surface area contributed by atoms with Crippen LogP contribution in [0.25, 0.3) is 0 Å². The van der Waals surface area contributed by atoms with E-state index in [9.17, 15) is 14.9 Å². The van der Waals surface area contributed by atoms with Crippen molar-refractivity contribution < 1.29 is 14.5 Å². The van der Waals surface area contributed by atoms with Crippen molar-refractivity contribution in [3.05, 3.63) is 69.8 Å². The topological polar surface area (TPSA) is 84.7 Å². The molecule has 0 unspecified atom stereocenters. The smallest absolute Gasteiger partial charge is 0.270 e. The molecule has 136 valence electrons. The summed E-state index contributed by atoms with van der Waals surface area (Å²) in [6.07, 6.45) is -0.352. The molecule has 2 atom stereocenters. The zero-order chi connectivity index (χ0) is 18.7. The lowest BCUT2D eigenvalue weighted by atomic mass is 10.0. The summed E-state index contributed by atoms with van der Waals surface area (Å²) in [5.74, 6) is -0.242. The fourth-order valence-corrected chi connectivity index (χ4v) is 3.18. The Bertz CT molecular complexity index is 810. The van der Waals surface area contributed by atoms with Crippen molar-refractivity contribution in [3.8, 4) is 0 Å². The van der Waals surface area contributed by atoms with Gasteiger partial charge in [0.25, 0.3) is 11.6 Å². The Labute approximate surface area is 151 Å². The minimum Gasteiger partial charge on any atom is -0.387 e. The summed E-state index contributed by atoms with van der Waals surface area (Å²) in [6, 6.07) is 14.0. The third-order valence-corrected chi connectivity index (χ3v) is 4.43. The van der Waals surface area contributed by atoms with Crippen LogP contribution in [0.1, 0.15) is 28.9 Å². The van der Waals surface area contributed by atoms with Gasteiger partial charge in [-0.3, -0.25) is 14.9 Å². The number of anilines is 1. The summed E-state index contributed by atoms with van der Waals surface area (Å²) >= 11 is 0. The molecule has 1 N–H and O–H groups in total. The quantitative estimate of drug-likeness (QED) is 0.672. The lowest BCUT2D eigenvalue weighted by molar-refractivity contribution is -0.384. The van der Waals surface area contributed by atoms with E-state index in [1.807, 2.05) is 37.3 Å². The Morgan fingerprint density at radius 2 is 1.96 bits per heavy atom. The van der Waals surface area contributed by atoms with Crippen LogP contribution >= 0.6 is 0 Å². The van der Waals surface area contributed by atoms with Crippen LogP contribution in [0.4, 0.5) is 11.4 Å². The zero-order valence-electron chi connectivity index (χ0n) is 14.7. The first-order valence-corrected chi connectivity index (χ1v) is 8.45. The first-order chi connectivity index (χ1) is 12.5. The molecule has 26 heavy (non-hydrogen) atoms. The van der Waals surface area contributed by atoms with Crippen molar-refractivity contribution in [1.29, 1.82) is 0 Å². The molecule has 1 fully saturated rings. The monoisotopic (exact) mass is 355 g/mol. The van der Waals surface area contributed by atoms with Crippen molar-refractivity contribution in [2.75, 3.05) is 25.5 Å². The van der Waals surface area contributed by atoms with Crippen molar-refractivity contribution >= 4 is 17.3 Å². The molecule has 0 bridgehead atoms. The van der Waals surface area contributed by atoms with Gasteiger partial charge in [0.15, 0.2) is 0 Å². The molecular formula is C19H21N3O4. The summed E-state index contributed by atoms with van der Waals surface area (Å²) in [5, 5.41) is 14.0. The lowest BCUT2D eigenvalue weighted by Crippen LogP contribution is -2.46. The number of benzene rings is 2. The van der Waals surface area contributed by atoms with Gasteiger partial charge < -0.3 is 15.0 Å². The number of nitrogens with one attached hydrogen (secondary N) is 1. The fraction of sp³-hybridized carbons (Fsp3) is 0.316. The number of nitrogens with zero attached hydrogens (tertiary/aromatic N) is 2. The van der Waals surface area contributed by atoms with Gasteiger partial charge in [0.1, 0.15) is 6.10 Å². The van der Waals surface area contributed by atoms with Gasteiger partial charge in [-0.1, -0.05) is 30.3 Å². The number of hydrogen-bond donors (Lipinski definition) is 1. The molecule has 1 aliphatic heterocycles. The van der Waals surface area contributed by atoms with Gasteiger partial charge >= 0.3 is 0 Å². The van der Waals surface area contributed by atoms with E-state index in [0.29, 0.717) is 24.3 Å². The molecule has 1 heterocycles. The van der Waals surface area contributed by atoms with E-state index < -0.39 is 4.92 Å². The highest BCUT2D eigenvalue weighted by Gasteiger charge is 2.31. The summed E-state index contributed by atoms with van der Waals surface area (Å²) in [5.41, 5.74) is 1.76. The summed E-state index contributed by atoms with van der Waals surface area (Å²) in [6.45, 7) is 2.76. The number of morpholine rings is 1. The van der Waals surface area contributed by atoms with E-state index in [1.165, 1.54) is 12.1 Å². The van der Waals surface area contributed by atoms with Crippen LogP contribution in [0, 0.1) is 10.1 Å². The van der Waals surface area contributed by atoms with Crippen molar-refractivity contribution in [2.24, 2.45) is 0 Å². The van der Waals surface area contributed by atoms with Crippen molar-refractivity contribution in [3.63, 3.8) is 0 Å². The molecule has 0 spiro atoms. The minimum atomic E-state index is -0.495. The van der Waals surface area contributed by atoms with E-state index in [-0.39, 0.29) is 23.8 Å². The lowest BCUT2D eigenvalue weighted by Gasteiger charge is -2.37. The number of carbonyl (C=O) groups excluding carboxylic acids is 1. The van der Waals surface area contributed by atoms with E-state index in [2.05, 4.69) is 5.32 Å². The fourth-order valence-electron chi connectivity index (χ4n) is 3.18. The second kappa shape index (κ2) is 7.53. The maximum absolute atomic E-state index is 13.1. The summed E-state index contributed by atoms with van der Waals surface area (Å²) < 4.78 is 5.99. The van der Waals surface area contributed by atoms with E-state index >= 15 is 0 Å². The van der Waals surface area contributed by atoms with Gasteiger partial charge in [0.2, 0.25) is 0 Å². The van der Waals surface area contributed by atoms with Crippen LogP contribution < -0.4 is 5.32 Å². The maximum Gasteiger partial charge on any atom is 0.270 e. The molecule has 0 saturated carbocycles. The van der Waals surface area contributed by atoms with Gasteiger partial charge in [-0.05, 0) is 18.6 Å². The molecule has 3 rings (SSSR count). The van der Waals surface area contributed by atoms with E-state index in [0.717, 1.165) is 5.56 Å². The molecule has 2 aromatic carbocycles. The van der Waals surface area contributed by atoms with E-state index in [4.69, 9.17) is 4.74 Å². The standard InChI is InChI=1S/C19H21N3O4/c1-13-11-21(12-18(26-13)14-6-4-3-5-7-14)19(23)16-10-15(22(24)25)8-9-17(16)20-2/h3-10,13,18,20H,11-12H2,1-2H3/t13-,18-/m1/s1. The third-order valence-electron chi connectivity index (χ3n) is 4.43. The molecule has 0 aliphatic carbocycles. The van der Waals surface area contributed by atoms with Crippen LogP contribution in [0.5, 0.6) is 0 Å².